The predicted octanol–water partition coefficient (Wildman–Crippen LogP) is 6.48. The van der Waals surface area contributed by atoms with Gasteiger partial charge in [0.2, 0.25) is 0 Å². The minimum Gasteiger partial charge on any atom is -0.490 e. The van der Waals surface area contributed by atoms with Gasteiger partial charge in [-0.15, -0.1) is 0 Å². The number of carboxylic acid groups (broad SMARTS) is 1. The van der Waals surface area contributed by atoms with Crippen LogP contribution < -0.4 is 4.74 Å². The van der Waals surface area contributed by atoms with E-state index in [4.69, 9.17) is 14.6 Å². The Hall–Kier alpha value is -2.27. The molecule has 174 valence electrons. The number of carbonyl (C=O) groups is 1. The van der Waals surface area contributed by atoms with Crippen molar-refractivity contribution < 1.29 is 19.4 Å². The number of piperidine rings is 1. The highest BCUT2D eigenvalue weighted by Crippen LogP contribution is 2.39. The molecule has 2 aromatic rings. The van der Waals surface area contributed by atoms with E-state index in [2.05, 4.69) is 62.1 Å². The second-order valence-electron chi connectivity index (χ2n) is 10.7. The summed E-state index contributed by atoms with van der Waals surface area (Å²) >= 11 is 0. The molecule has 1 aliphatic heterocycles. The Bertz CT molecular complexity index is 919. The van der Waals surface area contributed by atoms with Crippen LogP contribution in [-0.4, -0.2) is 41.5 Å². The zero-order valence-corrected chi connectivity index (χ0v) is 19.7. The molecule has 0 aromatic heterocycles. The van der Waals surface area contributed by atoms with Crippen LogP contribution >= 0.6 is 0 Å². The van der Waals surface area contributed by atoms with E-state index in [-0.39, 0.29) is 6.10 Å². The molecule has 0 atom stereocenters. The summed E-state index contributed by atoms with van der Waals surface area (Å²) < 4.78 is 11.3. The third kappa shape index (κ3) is 5.94. The van der Waals surface area contributed by atoms with Crippen molar-refractivity contribution in [2.24, 2.45) is 11.3 Å². The summed E-state index contributed by atoms with van der Waals surface area (Å²) in [5, 5.41) is 11.2. The van der Waals surface area contributed by atoms with Crippen LogP contribution in [0.4, 0.5) is 4.79 Å². The van der Waals surface area contributed by atoms with E-state index >= 15 is 0 Å². The maximum atomic E-state index is 10.7. The molecule has 0 amide bonds. The van der Waals surface area contributed by atoms with E-state index in [0.29, 0.717) is 11.5 Å². The molecule has 4 rings (SSSR count). The minimum atomic E-state index is -1.17. The van der Waals surface area contributed by atoms with Crippen LogP contribution in [0.3, 0.4) is 0 Å². The van der Waals surface area contributed by atoms with Gasteiger partial charge in [-0.05, 0) is 84.4 Å². The van der Waals surface area contributed by atoms with E-state index in [1.54, 1.807) is 0 Å². The Labute approximate surface area is 191 Å². The summed E-state index contributed by atoms with van der Waals surface area (Å²) in [5.74, 6) is 1.78. The number of rotatable bonds is 5. The fraction of sp³-hybridized carbons (Fsp3) is 0.593. The number of likely N-dealkylation sites (tertiary alicyclic amines) is 1. The standard InChI is InChI=1S/C27H37NO4/c1-27(2,3)22-7-10-23(11-8-22)31-25-9-6-20-16-19(4-5-21(20)17-25)18-28-14-12-24(13-15-28)32-26(29)30/h4-6,9,16-17,22-24H,7-8,10-15,18H2,1-3H3,(H,29,30)/t22-,23-. The first-order chi connectivity index (χ1) is 15.3. The maximum absolute atomic E-state index is 10.7. The van der Waals surface area contributed by atoms with Crippen molar-refractivity contribution in [2.75, 3.05) is 13.1 Å². The molecule has 5 nitrogen and oxygen atoms in total. The van der Waals surface area contributed by atoms with Crippen LogP contribution in [0, 0.1) is 11.3 Å². The third-order valence-electron chi connectivity index (χ3n) is 7.29. The van der Waals surface area contributed by atoms with Gasteiger partial charge in [0.25, 0.3) is 0 Å². The fourth-order valence-corrected chi connectivity index (χ4v) is 5.27. The van der Waals surface area contributed by atoms with Gasteiger partial charge < -0.3 is 14.6 Å². The number of hydrogen-bond acceptors (Lipinski definition) is 4. The van der Waals surface area contributed by atoms with Crippen molar-refractivity contribution in [1.82, 2.24) is 4.90 Å². The van der Waals surface area contributed by atoms with E-state index in [9.17, 15) is 4.79 Å². The van der Waals surface area contributed by atoms with Crippen LogP contribution in [0.1, 0.15) is 64.9 Å². The quantitative estimate of drug-likeness (QED) is 0.540. The van der Waals surface area contributed by atoms with E-state index in [0.717, 1.165) is 57.0 Å². The lowest BCUT2D eigenvalue weighted by atomic mass is 9.72. The highest BCUT2D eigenvalue weighted by Gasteiger charge is 2.30. The second-order valence-corrected chi connectivity index (χ2v) is 10.7. The van der Waals surface area contributed by atoms with Gasteiger partial charge in [0.1, 0.15) is 11.9 Å². The maximum Gasteiger partial charge on any atom is 0.506 e. The zero-order valence-electron chi connectivity index (χ0n) is 19.7. The normalized spacial score (nSPS) is 23.2. The largest absolute Gasteiger partial charge is 0.506 e. The van der Waals surface area contributed by atoms with Crippen molar-refractivity contribution >= 4 is 16.9 Å². The third-order valence-corrected chi connectivity index (χ3v) is 7.29. The molecule has 0 spiro atoms. The van der Waals surface area contributed by atoms with Crippen molar-refractivity contribution in [3.05, 3.63) is 42.0 Å². The Balaban J connectivity index is 1.31. The molecule has 1 saturated carbocycles. The number of hydrogen-bond donors (Lipinski definition) is 1. The van der Waals surface area contributed by atoms with Crippen LogP contribution in [0.15, 0.2) is 36.4 Å². The first-order valence-corrected chi connectivity index (χ1v) is 12.1. The number of benzene rings is 2. The fourth-order valence-electron chi connectivity index (χ4n) is 5.27. The monoisotopic (exact) mass is 439 g/mol. The Morgan fingerprint density at radius 3 is 2.25 bits per heavy atom. The van der Waals surface area contributed by atoms with E-state index < -0.39 is 6.16 Å². The lowest BCUT2D eigenvalue weighted by Gasteiger charge is -2.37. The molecule has 1 N–H and O–H groups in total. The van der Waals surface area contributed by atoms with Gasteiger partial charge in [-0.25, -0.2) is 4.79 Å². The topological polar surface area (TPSA) is 59.0 Å². The summed E-state index contributed by atoms with van der Waals surface area (Å²) in [6.45, 7) is 9.66. The SMILES string of the molecule is CC(C)(C)[C@H]1CC[C@H](Oc2ccc3cc(CN4CCC(OC(=O)O)CC4)ccc3c2)CC1. The van der Waals surface area contributed by atoms with Gasteiger partial charge in [-0.3, -0.25) is 4.90 Å². The van der Waals surface area contributed by atoms with Crippen molar-refractivity contribution in [1.29, 1.82) is 0 Å². The Morgan fingerprint density at radius 2 is 1.59 bits per heavy atom. The highest BCUT2D eigenvalue weighted by atomic mass is 16.7. The summed E-state index contributed by atoms with van der Waals surface area (Å²) in [7, 11) is 0. The van der Waals surface area contributed by atoms with Crippen molar-refractivity contribution in [3.63, 3.8) is 0 Å². The average Bonchev–Trinajstić information content (AvgIpc) is 2.75. The molecule has 2 fully saturated rings. The summed E-state index contributed by atoms with van der Waals surface area (Å²) in [5.41, 5.74) is 1.68. The zero-order chi connectivity index (χ0) is 22.7. The Kier molecular flexibility index (Phi) is 6.94. The molecule has 2 aliphatic rings. The molecule has 0 unspecified atom stereocenters. The first-order valence-electron chi connectivity index (χ1n) is 12.1. The molecule has 1 aliphatic carbocycles. The molecule has 32 heavy (non-hydrogen) atoms. The van der Waals surface area contributed by atoms with Gasteiger partial charge in [-0.1, -0.05) is 39.0 Å². The Morgan fingerprint density at radius 1 is 0.938 bits per heavy atom. The molecule has 1 heterocycles. The minimum absolute atomic E-state index is 0.165. The lowest BCUT2D eigenvalue weighted by Crippen LogP contribution is -2.37. The first kappa shape index (κ1) is 22.9. The molecular weight excluding hydrogens is 402 g/mol. The van der Waals surface area contributed by atoms with Gasteiger partial charge in [0, 0.05) is 19.6 Å². The lowest BCUT2D eigenvalue weighted by molar-refractivity contribution is 0.0185. The molecule has 0 radical (unpaired) electrons. The summed E-state index contributed by atoms with van der Waals surface area (Å²) in [6.07, 6.45) is 5.33. The van der Waals surface area contributed by atoms with Gasteiger partial charge in [0.15, 0.2) is 0 Å². The van der Waals surface area contributed by atoms with Crippen LogP contribution in [0.2, 0.25) is 0 Å². The number of fused-ring (bicyclic) bond motifs is 1. The van der Waals surface area contributed by atoms with Crippen LogP contribution in [-0.2, 0) is 11.3 Å². The number of ether oxygens (including phenoxy) is 2. The molecule has 0 bridgehead atoms. The molecule has 2 aromatic carbocycles. The van der Waals surface area contributed by atoms with Gasteiger partial charge in [-0.2, -0.15) is 0 Å². The smallest absolute Gasteiger partial charge is 0.490 e. The highest BCUT2D eigenvalue weighted by molar-refractivity contribution is 5.84. The van der Waals surface area contributed by atoms with E-state index in [1.807, 2.05) is 0 Å². The van der Waals surface area contributed by atoms with Crippen molar-refractivity contribution in [3.8, 4) is 5.75 Å². The average molecular weight is 440 g/mol. The van der Waals surface area contributed by atoms with E-state index in [1.165, 1.54) is 29.2 Å². The van der Waals surface area contributed by atoms with Gasteiger partial charge in [0.05, 0.1) is 6.10 Å². The predicted molar refractivity (Wildman–Crippen MR) is 127 cm³/mol. The molecule has 1 saturated heterocycles. The van der Waals surface area contributed by atoms with Crippen LogP contribution in [0.25, 0.3) is 10.8 Å². The molecule has 5 heteroatoms. The van der Waals surface area contributed by atoms with Gasteiger partial charge >= 0.3 is 6.16 Å². The number of nitrogens with zero attached hydrogens (tertiary/aromatic N) is 1. The summed E-state index contributed by atoms with van der Waals surface area (Å²) in [4.78, 5) is 13.1. The molecular formula is C27H37NO4. The second kappa shape index (κ2) is 9.70. The van der Waals surface area contributed by atoms with Crippen molar-refractivity contribution in [2.45, 2.75) is 78.0 Å². The summed E-state index contributed by atoms with van der Waals surface area (Å²) in [6, 6.07) is 13.1. The van der Waals surface area contributed by atoms with Crippen LogP contribution in [0.5, 0.6) is 5.75 Å².